The zero-order chi connectivity index (χ0) is 10.6. The molecule has 0 aromatic carbocycles. The number of ether oxygens (including phenoxy) is 1. The number of rotatable bonds is 5. The first-order chi connectivity index (χ1) is 6.69. The largest absolute Gasteiger partial charge is 0.382 e. The fourth-order valence-corrected chi connectivity index (χ4v) is 1.60. The SMILES string of the molecule is CCn1c(CCC(C)OC)n[nH]c1=S. The van der Waals surface area contributed by atoms with E-state index < -0.39 is 0 Å². The second-order valence-electron chi connectivity index (χ2n) is 3.27. The van der Waals surface area contributed by atoms with Gasteiger partial charge in [0.25, 0.3) is 0 Å². The Kier molecular flexibility index (Phi) is 4.28. The molecule has 0 amide bonds. The highest BCUT2D eigenvalue weighted by molar-refractivity contribution is 7.71. The summed E-state index contributed by atoms with van der Waals surface area (Å²) in [6.45, 7) is 4.98. The number of aryl methyl sites for hydroxylation is 1. The van der Waals surface area contributed by atoms with E-state index in [4.69, 9.17) is 17.0 Å². The van der Waals surface area contributed by atoms with Crippen LogP contribution in [0, 0.1) is 4.77 Å². The summed E-state index contributed by atoms with van der Waals surface area (Å²) >= 11 is 5.09. The van der Waals surface area contributed by atoms with Crippen molar-refractivity contribution in [3.8, 4) is 0 Å². The van der Waals surface area contributed by atoms with Gasteiger partial charge in [0.2, 0.25) is 0 Å². The third kappa shape index (κ3) is 2.65. The van der Waals surface area contributed by atoms with Gasteiger partial charge >= 0.3 is 0 Å². The molecule has 0 saturated carbocycles. The number of hydrogen-bond donors (Lipinski definition) is 1. The van der Waals surface area contributed by atoms with Gasteiger partial charge in [-0.25, -0.2) is 0 Å². The smallest absolute Gasteiger partial charge is 0.195 e. The Morgan fingerprint density at radius 2 is 2.36 bits per heavy atom. The first-order valence-corrected chi connectivity index (χ1v) is 5.26. The molecule has 1 aromatic rings. The molecule has 0 aliphatic carbocycles. The summed E-state index contributed by atoms with van der Waals surface area (Å²) in [5, 5.41) is 6.99. The summed E-state index contributed by atoms with van der Waals surface area (Å²) in [7, 11) is 1.72. The highest BCUT2D eigenvalue weighted by atomic mass is 32.1. The lowest BCUT2D eigenvalue weighted by Crippen LogP contribution is -2.09. The lowest BCUT2D eigenvalue weighted by molar-refractivity contribution is 0.110. The topological polar surface area (TPSA) is 42.8 Å². The predicted octanol–water partition coefficient (Wildman–Crippen LogP) is 1.93. The molecule has 1 aromatic heterocycles. The molecule has 0 aliphatic rings. The fraction of sp³-hybridized carbons (Fsp3) is 0.778. The first-order valence-electron chi connectivity index (χ1n) is 4.85. The third-order valence-electron chi connectivity index (χ3n) is 2.33. The summed E-state index contributed by atoms with van der Waals surface area (Å²) in [4.78, 5) is 0. The Balaban J connectivity index is 2.62. The minimum atomic E-state index is 0.269. The second kappa shape index (κ2) is 5.26. The maximum atomic E-state index is 5.18. The van der Waals surface area contributed by atoms with E-state index in [-0.39, 0.29) is 6.10 Å². The number of H-pyrrole nitrogens is 1. The van der Waals surface area contributed by atoms with E-state index in [1.165, 1.54) is 0 Å². The molecule has 0 fully saturated rings. The molecular weight excluding hydrogens is 198 g/mol. The quantitative estimate of drug-likeness (QED) is 0.763. The molecule has 14 heavy (non-hydrogen) atoms. The van der Waals surface area contributed by atoms with Crippen LogP contribution in [-0.2, 0) is 17.7 Å². The standard InChI is InChI=1S/C9H17N3OS/c1-4-12-8(10-11-9(12)14)6-5-7(2)13-3/h7H,4-6H2,1-3H3,(H,11,14). The number of aromatic nitrogens is 3. The summed E-state index contributed by atoms with van der Waals surface area (Å²) in [5.74, 6) is 1.02. The molecule has 80 valence electrons. The van der Waals surface area contributed by atoms with Crippen molar-refractivity contribution >= 4 is 12.2 Å². The van der Waals surface area contributed by atoms with Crippen LogP contribution in [-0.4, -0.2) is 28.0 Å². The van der Waals surface area contributed by atoms with Crippen molar-refractivity contribution in [2.75, 3.05) is 7.11 Å². The van der Waals surface area contributed by atoms with Gasteiger partial charge in [-0.3, -0.25) is 5.10 Å². The van der Waals surface area contributed by atoms with Crippen molar-refractivity contribution in [2.24, 2.45) is 0 Å². The first kappa shape index (κ1) is 11.4. The Hall–Kier alpha value is -0.680. The highest BCUT2D eigenvalue weighted by Gasteiger charge is 2.06. The van der Waals surface area contributed by atoms with Crippen molar-refractivity contribution in [1.29, 1.82) is 0 Å². The van der Waals surface area contributed by atoms with Crippen LogP contribution in [0.5, 0.6) is 0 Å². The molecule has 4 nitrogen and oxygen atoms in total. The van der Waals surface area contributed by atoms with Gasteiger partial charge in [-0.1, -0.05) is 0 Å². The van der Waals surface area contributed by atoms with E-state index in [0.29, 0.717) is 4.77 Å². The van der Waals surface area contributed by atoms with Crippen LogP contribution in [0.25, 0.3) is 0 Å². The van der Waals surface area contributed by atoms with E-state index in [2.05, 4.69) is 24.0 Å². The van der Waals surface area contributed by atoms with Gasteiger partial charge in [-0.15, -0.1) is 0 Å². The Bertz CT molecular complexity index is 331. The van der Waals surface area contributed by atoms with E-state index >= 15 is 0 Å². The van der Waals surface area contributed by atoms with Crippen molar-refractivity contribution in [2.45, 2.75) is 39.3 Å². The predicted molar refractivity (Wildman–Crippen MR) is 57.9 cm³/mol. The van der Waals surface area contributed by atoms with Crippen molar-refractivity contribution < 1.29 is 4.74 Å². The van der Waals surface area contributed by atoms with Crippen LogP contribution in [0.3, 0.4) is 0 Å². The normalized spacial score (nSPS) is 13.1. The number of hydrogen-bond acceptors (Lipinski definition) is 3. The van der Waals surface area contributed by atoms with E-state index in [1.807, 2.05) is 4.57 Å². The van der Waals surface area contributed by atoms with E-state index in [9.17, 15) is 0 Å². The molecular formula is C9H17N3OS. The van der Waals surface area contributed by atoms with Crippen molar-refractivity contribution in [1.82, 2.24) is 14.8 Å². The van der Waals surface area contributed by atoms with Crippen LogP contribution in [0.4, 0.5) is 0 Å². The average Bonchev–Trinajstić information content (AvgIpc) is 2.55. The molecule has 1 N–H and O–H groups in total. The maximum Gasteiger partial charge on any atom is 0.195 e. The third-order valence-corrected chi connectivity index (χ3v) is 2.64. The summed E-state index contributed by atoms with van der Waals surface area (Å²) in [6.07, 6.45) is 2.14. The van der Waals surface area contributed by atoms with Gasteiger partial charge < -0.3 is 9.30 Å². The minimum absolute atomic E-state index is 0.269. The number of nitrogens with zero attached hydrogens (tertiary/aromatic N) is 2. The van der Waals surface area contributed by atoms with Crippen LogP contribution < -0.4 is 0 Å². The molecule has 1 rings (SSSR count). The number of aromatic amines is 1. The lowest BCUT2D eigenvalue weighted by atomic mass is 10.2. The number of nitrogens with one attached hydrogen (secondary N) is 1. The van der Waals surface area contributed by atoms with Gasteiger partial charge in [0.05, 0.1) is 6.10 Å². The zero-order valence-electron chi connectivity index (χ0n) is 8.91. The molecule has 0 spiro atoms. The fourth-order valence-electron chi connectivity index (χ4n) is 1.32. The molecule has 5 heteroatoms. The summed E-state index contributed by atoms with van der Waals surface area (Å²) in [6, 6.07) is 0. The maximum absolute atomic E-state index is 5.18. The van der Waals surface area contributed by atoms with Gasteiger partial charge in [0.1, 0.15) is 5.82 Å². The van der Waals surface area contributed by atoms with E-state index in [0.717, 1.165) is 25.2 Å². The molecule has 0 radical (unpaired) electrons. The van der Waals surface area contributed by atoms with E-state index in [1.54, 1.807) is 7.11 Å². The van der Waals surface area contributed by atoms with Crippen LogP contribution >= 0.6 is 12.2 Å². The monoisotopic (exact) mass is 215 g/mol. The van der Waals surface area contributed by atoms with Gasteiger partial charge in [-0.2, -0.15) is 5.10 Å². The van der Waals surface area contributed by atoms with Crippen LogP contribution in [0.2, 0.25) is 0 Å². The Labute approximate surface area is 89.3 Å². The Morgan fingerprint density at radius 3 is 2.93 bits per heavy atom. The van der Waals surface area contributed by atoms with Gasteiger partial charge in [-0.05, 0) is 32.5 Å². The van der Waals surface area contributed by atoms with Crippen molar-refractivity contribution in [3.63, 3.8) is 0 Å². The number of methoxy groups -OCH3 is 1. The van der Waals surface area contributed by atoms with Crippen molar-refractivity contribution in [3.05, 3.63) is 10.6 Å². The second-order valence-corrected chi connectivity index (χ2v) is 3.66. The van der Waals surface area contributed by atoms with Crippen LogP contribution in [0.15, 0.2) is 0 Å². The van der Waals surface area contributed by atoms with Gasteiger partial charge in [0.15, 0.2) is 4.77 Å². The molecule has 0 bridgehead atoms. The van der Waals surface area contributed by atoms with Crippen LogP contribution in [0.1, 0.15) is 26.1 Å². The molecule has 0 saturated heterocycles. The lowest BCUT2D eigenvalue weighted by Gasteiger charge is -2.08. The Morgan fingerprint density at radius 1 is 1.64 bits per heavy atom. The highest BCUT2D eigenvalue weighted by Crippen LogP contribution is 2.05. The summed E-state index contributed by atoms with van der Waals surface area (Å²) in [5.41, 5.74) is 0. The molecule has 0 aliphatic heterocycles. The minimum Gasteiger partial charge on any atom is -0.382 e. The molecule has 1 heterocycles. The zero-order valence-corrected chi connectivity index (χ0v) is 9.73. The van der Waals surface area contributed by atoms with Gasteiger partial charge in [0, 0.05) is 20.1 Å². The summed E-state index contributed by atoms with van der Waals surface area (Å²) < 4.78 is 7.89. The molecule has 1 atom stereocenters. The molecule has 1 unspecified atom stereocenters. The average molecular weight is 215 g/mol.